The van der Waals surface area contributed by atoms with E-state index in [1.807, 2.05) is 49.9 Å². The highest BCUT2D eigenvalue weighted by molar-refractivity contribution is 5.97. The fourth-order valence-electron chi connectivity index (χ4n) is 3.92. The Bertz CT molecular complexity index is 1020. The average molecular weight is 437 g/mol. The van der Waals surface area contributed by atoms with E-state index in [-0.39, 0.29) is 5.91 Å². The highest BCUT2D eigenvalue weighted by atomic mass is 16.5. The molecule has 6 heteroatoms. The summed E-state index contributed by atoms with van der Waals surface area (Å²) >= 11 is 0. The van der Waals surface area contributed by atoms with Gasteiger partial charge in [-0.2, -0.15) is 0 Å². The number of amides is 1. The van der Waals surface area contributed by atoms with Gasteiger partial charge in [0.15, 0.2) is 0 Å². The van der Waals surface area contributed by atoms with Crippen LogP contribution in [0.25, 0.3) is 11.0 Å². The normalized spacial score (nSPS) is 11.3. The molecule has 0 saturated heterocycles. The summed E-state index contributed by atoms with van der Waals surface area (Å²) in [6.07, 6.45) is 1.75. The summed E-state index contributed by atoms with van der Waals surface area (Å²) in [6.45, 7) is 9.90. The molecule has 0 spiro atoms. The predicted molar refractivity (Wildman–Crippen MR) is 131 cm³/mol. The Morgan fingerprint density at radius 2 is 1.72 bits per heavy atom. The quantitative estimate of drug-likeness (QED) is 0.451. The lowest BCUT2D eigenvalue weighted by molar-refractivity contribution is 0.0773. The Balaban J connectivity index is 1.87. The topological polar surface area (TPSA) is 50.6 Å². The molecule has 1 heterocycles. The molecule has 0 radical (unpaired) electrons. The van der Waals surface area contributed by atoms with Crippen molar-refractivity contribution in [3.05, 3.63) is 59.4 Å². The molecule has 1 amide bonds. The molecular weight excluding hydrogens is 400 g/mol. The summed E-state index contributed by atoms with van der Waals surface area (Å²) in [7, 11) is 4.17. The minimum Gasteiger partial charge on any atom is -0.494 e. The van der Waals surface area contributed by atoms with Crippen molar-refractivity contribution in [2.24, 2.45) is 0 Å². The van der Waals surface area contributed by atoms with Crippen LogP contribution in [0.4, 0.5) is 0 Å². The molecule has 0 saturated carbocycles. The third-order valence-electron chi connectivity index (χ3n) is 5.77. The van der Waals surface area contributed by atoms with Gasteiger partial charge in [0.05, 0.1) is 17.6 Å². The first-order chi connectivity index (χ1) is 15.5. The summed E-state index contributed by atoms with van der Waals surface area (Å²) in [4.78, 5) is 21.8. The number of hydrogen-bond acceptors (Lipinski definition) is 4. The van der Waals surface area contributed by atoms with E-state index < -0.39 is 0 Å². The van der Waals surface area contributed by atoms with Gasteiger partial charge in [-0.05, 0) is 77.2 Å². The molecule has 0 aliphatic carbocycles. The van der Waals surface area contributed by atoms with Gasteiger partial charge in [0.1, 0.15) is 11.6 Å². The molecule has 3 rings (SSSR count). The van der Waals surface area contributed by atoms with E-state index in [0.29, 0.717) is 25.3 Å². The van der Waals surface area contributed by atoms with E-state index in [0.717, 1.165) is 48.5 Å². The number of rotatable bonds is 11. The monoisotopic (exact) mass is 436 g/mol. The van der Waals surface area contributed by atoms with Crippen molar-refractivity contribution < 1.29 is 9.53 Å². The summed E-state index contributed by atoms with van der Waals surface area (Å²) < 4.78 is 7.85. The maximum atomic E-state index is 12.8. The smallest absolute Gasteiger partial charge is 0.253 e. The van der Waals surface area contributed by atoms with E-state index in [2.05, 4.69) is 41.8 Å². The lowest BCUT2D eigenvalue weighted by Crippen LogP contribution is -2.30. The standard InChI is InChI=1S/C26H36N4O2/c1-6-29(7-2)26(31)21-12-15-24-23(19-21)27-25(30(24)18-17-28(4)5)16-11-20-9-13-22(14-10-20)32-8-3/h9-10,12-15,19H,6-8,11,16-18H2,1-5H3. The molecule has 0 aliphatic rings. The molecule has 0 bridgehead atoms. The number of nitrogens with zero attached hydrogens (tertiary/aromatic N) is 4. The number of carbonyl (C=O) groups is 1. The van der Waals surface area contributed by atoms with E-state index in [1.165, 1.54) is 5.56 Å². The van der Waals surface area contributed by atoms with Gasteiger partial charge in [0.2, 0.25) is 0 Å². The van der Waals surface area contributed by atoms with Gasteiger partial charge in [-0.25, -0.2) is 4.98 Å². The fourth-order valence-corrected chi connectivity index (χ4v) is 3.92. The van der Waals surface area contributed by atoms with Gasteiger partial charge in [-0.3, -0.25) is 4.79 Å². The minimum atomic E-state index is 0.0654. The maximum Gasteiger partial charge on any atom is 0.253 e. The van der Waals surface area contributed by atoms with Crippen molar-refractivity contribution in [2.75, 3.05) is 40.3 Å². The van der Waals surface area contributed by atoms with Crippen molar-refractivity contribution in [3.63, 3.8) is 0 Å². The second kappa shape index (κ2) is 11.1. The lowest BCUT2D eigenvalue weighted by Gasteiger charge is -2.18. The number of imidazole rings is 1. The molecule has 3 aromatic rings. The second-order valence-corrected chi connectivity index (χ2v) is 8.24. The Morgan fingerprint density at radius 3 is 2.34 bits per heavy atom. The number of likely N-dealkylation sites (N-methyl/N-ethyl adjacent to an activating group) is 1. The van der Waals surface area contributed by atoms with Crippen molar-refractivity contribution in [1.29, 1.82) is 0 Å². The van der Waals surface area contributed by atoms with Crippen molar-refractivity contribution >= 4 is 16.9 Å². The molecule has 0 fully saturated rings. The van der Waals surface area contributed by atoms with Crippen molar-refractivity contribution in [2.45, 2.75) is 40.2 Å². The molecule has 172 valence electrons. The first-order valence-electron chi connectivity index (χ1n) is 11.6. The summed E-state index contributed by atoms with van der Waals surface area (Å²) in [5, 5.41) is 0. The number of ether oxygens (including phenoxy) is 1. The van der Waals surface area contributed by atoms with Gasteiger partial charge >= 0.3 is 0 Å². The number of benzene rings is 2. The Labute approximate surface area is 191 Å². The maximum absolute atomic E-state index is 12.8. The van der Waals surface area contributed by atoms with Gasteiger partial charge in [-0.15, -0.1) is 0 Å². The largest absolute Gasteiger partial charge is 0.494 e. The first kappa shape index (κ1) is 23.8. The lowest BCUT2D eigenvalue weighted by atomic mass is 10.1. The molecule has 32 heavy (non-hydrogen) atoms. The molecular formula is C26H36N4O2. The van der Waals surface area contributed by atoms with Crippen LogP contribution in [0.2, 0.25) is 0 Å². The molecule has 0 unspecified atom stereocenters. The molecule has 6 nitrogen and oxygen atoms in total. The Hall–Kier alpha value is -2.86. The zero-order valence-electron chi connectivity index (χ0n) is 20.1. The number of hydrogen-bond donors (Lipinski definition) is 0. The van der Waals surface area contributed by atoms with E-state index in [4.69, 9.17) is 9.72 Å². The van der Waals surface area contributed by atoms with Crippen molar-refractivity contribution in [3.8, 4) is 5.75 Å². The average Bonchev–Trinajstić information content (AvgIpc) is 3.14. The van der Waals surface area contributed by atoms with Gasteiger partial charge < -0.3 is 19.1 Å². The molecule has 0 atom stereocenters. The van der Waals surface area contributed by atoms with E-state index in [1.54, 1.807) is 0 Å². The SMILES string of the molecule is CCOc1ccc(CCc2nc3cc(C(=O)N(CC)CC)ccc3n2CCN(C)C)cc1. The Kier molecular flexibility index (Phi) is 8.28. The zero-order valence-corrected chi connectivity index (χ0v) is 20.1. The summed E-state index contributed by atoms with van der Waals surface area (Å²) in [5.74, 6) is 2.03. The third-order valence-corrected chi connectivity index (χ3v) is 5.77. The van der Waals surface area contributed by atoms with Crippen LogP contribution in [0.3, 0.4) is 0 Å². The van der Waals surface area contributed by atoms with Gasteiger partial charge in [-0.1, -0.05) is 12.1 Å². The van der Waals surface area contributed by atoms with E-state index >= 15 is 0 Å². The Morgan fingerprint density at radius 1 is 1.00 bits per heavy atom. The van der Waals surface area contributed by atoms with Crippen LogP contribution in [-0.2, 0) is 19.4 Å². The van der Waals surface area contributed by atoms with Gasteiger partial charge in [0, 0.05) is 38.2 Å². The van der Waals surface area contributed by atoms with Crippen LogP contribution < -0.4 is 4.74 Å². The molecule has 2 aromatic carbocycles. The van der Waals surface area contributed by atoms with Crippen LogP contribution in [-0.4, -0.2) is 65.6 Å². The number of aryl methyl sites for hydroxylation is 2. The third kappa shape index (κ3) is 5.68. The highest BCUT2D eigenvalue weighted by Gasteiger charge is 2.16. The van der Waals surface area contributed by atoms with Crippen LogP contribution in [0.15, 0.2) is 42.5 Å². The first-order valence-corrected chi connectivity index (χ1v) is 11.6. The second-order valence-electron chi connectivity index (χ2n) is 8.24. The zero-order chi connectivity index (χ0) is 23.1. The number of fused-ring (bicyclic) bond motifs is 1. The van der Waals surface area contributed by atoms with Gasteiger partial charge in [0.25, 0.3) is 5.91 Å². The van der Waals surface area contributed by atoms with Crippen molar-refractivity contribution in [1.82, 2.24) is 19.4 Å². The van der Waals surface area contributed by atoms with Crippen LogP contribution in [0.1, 0.15) is 42.5 Å². The number of aromatic nitrogens is 2. The van der Waals surface area contributed by atoms with Crippen LogP contribution in [0, 0.1) is 0 Å². The molecule has 0 N–H and O–H groups in total. The van der Waals surface area contributed by atoms with E-state index in [9.17, 15) is 4.79 Å². The minimum absolute atomic E-state index is 0.0654. The predicted octanol–water partition coefficient (Wildman–Crippen LogP) is 4.26. The molecule has 1 aromatic heterocycles. The highest BCUT2D eigenvalue weighted by Crippen LogP contribution is 2.21. The van der Waals surface area contributed by atoms with Crippen LogP contribution >= 0.6 is 0 Å². The molecule has 0 aliphatic heterocycles. The van der Waals surface area contributed by atoms with Crippen LogP contribution in [0.5, 0.6) is 5.75 Å². The summed E-state index contributed by atoms with van der Waals surface area (Å²) in [5.41, 5.74) is 3.95. The fraction of sp³-hybridized carbons (Fsp3) is 0.462. The summed E-state index contributed by atoms with van der Waals surface area (Å²) in [6, 6.07) is 14.2. The number of carbonyl (C=O) groups excluding carboxylic acids is 1.